The van der Waals surface area contributed by atoms with Crippen LogP contribution >= 0.6 is 15.9 Å². The molecule has 3 rings (SSSR count). The van der Waals surface area contributed by atoms with Crippen LogP contribution in [0.4, 0.5) is 5.69 Å². The van der Waals surface area contributed by atoms with Crippen molar-refractivity contribution in [2.45, 2.75) is 13.0 Å². The molecule has 0 unspecified atom stereocenters. The van der Waals surface area contributed by atoms with Gasteiger partial charge in [-0.3, -0.25) is 4.79 Å². The summed E-state index contributed by atoms with van der Waals surface area (Å²) in [5.41, 5.74) is 1.39. The minimum absolute atomic E-state index is 0.0966. The van der Waals surface area contributed by atoms with Gasteiger partial charge in [0.1, 0.15) is 5.75 Å². The summed E-state index contributed by atoms with van der Waals surface area (Å²) >= 11 is 3.36. The molecule has 0 bridgehead atoms. The highest BCUT2D eigenvalue weighted by atomic mass is 79.9. The minimum Gasteiger partial charge on any atom is -0.495 e. The molecule has 0 fully saturated rings. The van der Waals surface area contributed by atoms with Gasteiger partial charge in [0.2, 0.25) is 5.91 Å². The second-order valence-corrected chi connectivity index (χ2v) is 6.94. The number of amides is 1. The number of esters is 1. The smallest absolute Gasteiger partial charge is 0.331 e. The molecule has 1 amide bonds. The molecule has 0 spiro atoms. The zero-order valence-corrected chi connectivity index (χ0v) is 17.6. The molecule has 1 aromatic heterocycles. The summed E-state index contributed by atoms with van der Waals surface area (Å²) in [7, 11) is 1.52. The van der Waals surface area contributed by atoms with E-state index in [1.807, 2.05) is 24.3 Å². The molecule has 3 aromatic rings. The summed E-state index contributed by atoms with van der Waals surface area (Å²) in [5.74, 6) is -0.0654. The van der Waals surface area contributed by atoms with E-state index in [2.05, 4.69) is 31.4 Å². The molecule has 1 heterocycles. The summed E-state index contributed by atoms with van der Waals surface area (Å²) in [5, 5.41) is 6.45. The van der Waals surface area contributed by atoms with Crippen molar-refractivity contribution in [2.24, 2.45) is 0 Å². The van der Waals surface area contributed by atoms with Gasteiger partial charge in [-0.1, -0.05) is 45.4 Å². The maximum Gasteiger partial charge on any atom is 0.331 e. The lowest BCUT2D eigenvalue weighted by Crippen LogP contribution is -2.15. The molecule has 30 heavy (non-hydrogen) atoms. The molecule has 0 saturated carbocycles. The molecule has 0 radical (unpaired) electrons. The number of aromatic nitrogens is 2. The Morgan fingerprint density at radius 2 is 2.03 bits per heavy atom. The predicted octanol–water partition coefficient (Wildman–Crippen LogP) is 3.78. The lowest BCUT2D eigenvalue weighted by molar-refractivity contribution is -0.139. The summed E-state index contributed by atoms with van der Waals surface area (Å²) in [6, 6.07) is 14.5. The van der Waals surface area contributed by atoms with Gasteiger partial charge in [-0.25, -0.2) is 4.79 Å². The Kier molecular flexibility index (Phi) is 7.34. The van der Waals surface area contributed by atoms with Crippen molar-refractivity contribution >= 4 is 39.6 Å². The van der Waals surface area contributed by atoms with Gasteiger partial charge in [0.05, 0.1) is 19.2 Å². The van der Waals surface area contributed by atoms with E-state index in [-0.39, 0.29) is 30.7 Å². The van der Waals surface area contributed by atoms with Crippen molar-refractivity contribution in [1.29, 1.82) is 0 Å². The van der Waals surface area contributed by atoms with E-state index in [0.717, 1.165) is 10.0 Å². The van der Waals surface area contributed by atoms with E-state index < -0.39 is 5.97 Å². The third kappa shape index (κ3) is 6.28. The Morgan fingerprint density at radius 1 is 1.20 bits per heavy atom. The number of ether oxygens (including phenoxy) is 2. The highest BCUT2D eigenvalue weighted by Crippen LogP contribution is 2.23. The number of nitrogens with one attached hydrogen (secondary N) is 1. The molecule has 0 atom stereocenters. The van der Waals surface area contributed by atoms with Crippen LogP contribution in [0.1, 0.15) is 17.3 Å². The number of para-hydroxylation sites is 2. The Balaban J connectivity index is 1.48. The molecule has 0 aliphatic rings. The van der Waals surface area contributed by atoms with Gasteiger partial charge < -0.3 is 19.3 Å². The number of hydrogen-bond acceptors (Lipinski definition) is 7. The van der Waals surface area contributed by atoms with Gasteiger partial charge in [0.15, 0.2) is 12.4 Å². The maximum absolute atomic E-state index is 12.2. The largest absolute Gasteiger partial charge is 0.495 e. The zero-order chi connectivity index (χ0) is 21.3. The molecule has 154 valence electrons. The number of carbonyl (C=O) groups excluding carboxylic acids is 2. The van der Waals surface area contributed by atoms with Crippen LogP contribution < -0.4 is 10.1 Å². The fraction of sp³-hybridized carbons (Fsp3) is 0.143. The lowest BCUT2D eigenvalue weighted by atomic mass is 10.2. The summed E-state index contributed by atoms with van der Waals surface area (Å²) < 4.78 is 16.2. The van der Waals surface area contributed by atoms with Crippen LogP contribution in [0.2, 0.25) is 0 Å². The highest BCUT2D eigenvalue weighted by Gasteiger charge is 2.13. The van der Waals surface area contributed by atoms with Gasteiger partial charge in [0.25, 0.3) is 5.89 Å². The number of nitrogens with zero attached hydrogens (tertiary/aromatic N) is 2. The second-order valence-electron chi connectivity index (χ2n) is 6.03. The van der Waals surface area contributed by atoms with Crippen molar-refractivity contribution in [2.75, 3.05) is 12.4 Å². The average Bonchev–Trinajstić information content (AvgIpc) is 3.18. The fourth-order valence-corrected chi connectivity index (χ4v) is 2.88. The lowest BCUT2D eigenvalue weighted by Gasteiger charge is -2.08. The van der Waals surface area contributed by atoms with Crippen LogP contribution in [0.5, 0.6) is 5.75 Å². The van der Waals surface area contributed by atoms with E-state index in [0.29, 0.717) is 11.4 Å². The number of benzene rings is 2. The molecular weight excluding hydrogens is 454 g/mol. The Bertz CT molecular complexity index is 1060. The third-order valence-electron chi connectivity index (χ3n) is 3.81. The van der Waals surface area contributed by atoms with Crippen molar-refractivity contribution < 1.29 is 23.6 Å². The number of carbonyl (C=O) groups is 2. The number of methoxy groups -OCH3 is 1. The van der Waals surface area contributed by atoms with Crippen LogP contribution in [-0.2, 0) is 27.4 Å². The summed E-state index contributed by atoms with van der Waals surface area (Å²) in [6.07, 6.45) is 2.84. The van der Waals surface area contributed by atoms with Gasteiger partial charge in [-0.15, -0.1) is 0 Å². The van der Waals surface area contributed by atoms with Gasteiger partial charge in [-0.05, 0) is 35.9 Å². The van der Waals surface area contributed by atoms with E-state index >= 15 is 0 Å². The molecule has 9 heteroatoms. The highest BCUT2D eigenvalue weighted by molar-refractivity contribution is 9.10. The fourth-order valence-electron chi connectivity index (χ4n) is 2.46. The van der Waals surface area contributed by atoms with Crippen LogP contribution in [0.3, 0.4) is 0 Å². The minimum atomic E-state index is -0.552. The third-order valence-corrected chi connectivity index (χ3v) is 4.30. The van der Waals surface area contributed by atoms with Crippen LogP contribution in [0.15, 0.2) is 63.6 Å². The van der Waals surface area contributed by atoms with Crippen LogP contribution in [0.25, 0.3) is 6.08 Å². The quantitative estimate of drug-likeness (QED) is 0.393. The number of rotatable bonds is 8. The first-order valence-corrected chi connectivity index (χ1v) is 9.67. The molecule has 1 N–H and O–H groups in total. The monoisotopic (exact) mass is 471 g/mol. The van der Waals surface area contributed by atoms with Gasteiger partial charge in [-0.2, -0.15) is 4.98 Å². The topological polar surface area (TPSA) is 104 Å². The summed E-state index contributed by atoms with van der Waals surface area (Å²) in [4.78, 5) is 28.1. The van der Waals surface area contributed by atoms with Gasteiger partial charge >= 0.3 is 5.97 Å². The second kappa shape index (κ2) is 10.4. The Hall–Kier alpha value is -3.46. The zero-order valence-electron chi connectivity index (χ0n) is 16.0. The number of halogens is 1. The maximum atomic E-state index is 12.2. The van der Waals surface area contributed by atoms with Crippen molar-refractivity contribution in [3.8, 4) is 5.75 Å². The Labute approximate surface area is 181 Å². The first kappa shape index (κ1) is 21.3. The van der Waals surface area contributed by atoms with Gasteiger partial charge in [0, 0.05) is 10.5 Å². The standard InChI is InChI=1S/C21H18BrN3O5/c1-28-17-8-3-2-7-16(17)23-19(26)12-18-24-20(30-25-18)13-29-21(27)10-9-14-5-4-6-15(22)11-14/h2-11H,12-13H2,1H3,(H,23,26)/b10-9+. The first-order chi connectivity index (χ1) is 14.5. The van der Waals surface area contributed by atoms with E-state index in [1.165, 1.54) is 13.2 Å². The van der Waals surface area contributed by atoms with Crippen molar-refractivity contribution in [1.82, 2.24) is 10.1 Å². The molecule has 0 aliphatic heterocycles. The SMILES string of the molecule is COc1ccccc1NC(=O)Cc1noc(COC(=O)/C=C/c2cccc(Br)c2)n1. The average molecular weight is 472 g/mol. The first-order valence-electron chi connectivity index (χ1n) is 8.88. The van der Waals surface area contributed by atoms with E-state index in [1.54, 1.807) is 30.3 Å². The molecule has 0 aliphatic carbocycles. The predicted molar refractivity (Wildman–Crippen MR) is 113 cm³/mol. The normalized spacial score (nSPS) is 10.7. The van der Waals surface area contributed by atoms with E-state index in [4.69, 9.17) is 14.0 Å². The van der Waals surface area contributed by atoms with Crippen LogP contribution in [-0.4, -0.2) is 29.1 Å². The van der Waals surface area contributed by atoms with Crippen molar-refractivity contribution in [3.05, 3.63) is 76.4 Å². The molecule has 2 aromatic carbocycles. The number of anilines is 1. The van der Waals surface area contributed by atoms with E-state index in [9.17, 15) is 9.59 Å². The Morgan fingerprint density at radius 3 is 2.83 bits per heavy atom. The number of hydrogen-bond donors (Lipinski definition) is 1. The van der Waals surface area contributed by atoms with Crippen LogP contribution in [0, 0.1) is 0 Å². The summed E-state index contributed by atoms with van der Waals surface area (Å²) in [6.45, 7) is -0.192. The molecule has 8 nitrogen and oxygen atoms in total. The molecular formula is C21H18BrN3O5. The van der Waals surface area contributed by atoms with Crippen molar-refractivity contribution in [3.63, 3.8) is 0 Å². The molecule has 0 saturated heterocycles.